The summed E-state index contributed by atoms with van der Waals surface area (Å²) in [6, 6.07) is 1.38. The van der Waals surface area contributed by atoms with Crippen LogP contribution in [-0.4, -0.2) is 63.8 Å². The van der Waals surface area contributed by atoms with Gasteiger partial charge < -0.3 is 19.5 Å². The molecule has 8 heteroatoms. The van der Waals surface area contributed by atoms with Gasteiger partial charge in [-0.15, -0.1) is 0 Å². The van der Waals surface area contributed by atoms with E-state index in [2.05, 4.69) is 5.10 Å². The summed E-state index contributed by atoms with van der Waals surface area (Å²) >= 11 is 0. The molecule has 3 rings (SSSR count). The number of carboxylic acids is 1. The Labute approximate surface area is 121 Å². The van der Waals surface area contributed by atoms with Crippen molar-refractivity contribution in [3.05, 3.63) is 18.0 Å². The lowest BCUT2D eigenvalue weighted by Crippen LogP contribution is -2.48. The number of piperidine rings is 1. The van der Waals surface area contributed by atoms with E-state index in [0.29, 0.717) is 39.1 Å². The number of amides is 1. The van der Waals surface area contributed by atoms with Gasteiger partial charge in [0, 0.05) is 32.1 Å². The minimum absolute atomic E-state index is 0.0436. The third kappa shape index (κ3) is 2.91. The van der Waals surface area contributed by atoms with Gasteiger partial charge in [0.2, 0.25) is 5.91 Å². The van der Waals surface area contributed by atoms with Crippen LogP contribution in [0.4, 0.5) is 0 Å². The fourth-order valence-electron chi connectivity index (χ4n) is 2.68. The van der Waals surface area contributed by atoms with Crippen LogP contribution < -0.4 is 0 Å². The summed E-state index contributed by atoms with van der Waals surface area (Å²) in [6.45, 7) is 2.41. The maximum atomic E-state index is 12.2. The van der Waals surface area contributed by atoms with E-state index in [1.165, 1.54) is 16.9 Å². The van der Waals surface area contributed by atoms with E-state index in [-0.39, 0.29) is 18.1 Å². The molecule has 3 heterocycles. The minimum Gasteiger partial charge on any atom is -0.476 e. The average molecular weight is 295 g/mol. The van der Waals surface area contributed by atoms with Gasteiger partial charge in [-0.05, 0) is 6.07 Å². The van der Waals surface area contributed by atoms with Gasteiger partial charge in [-0.2, -0.15) is 5.10 Å². The van der Waals surface area contributed by atoms with Crippen molar-refractivity contribution in [3.63, 3.8) is 0 Å². The van der Waals surface area contributed by atoms with Gasteiger partial charge in [0.15, 0.2) is 11.5 Å². The molecule has 2 aliphatic heterocycles. The van der Waals surface area contributed by atoms with Crippen LogP contribution in [0.15, 0.2) is 12.3 Å². The molecular formula is C13H17N3O5. The molecule has 1 N–H and O–H groups in total. The first-order valence-electron chi connectivity index (χ1n) is 6.90. The quantitative estimate of drug-likeness (QED) is 0.840. The molecule has 0 saturated carbocycles. The average Bonchev–Trinajstić information content (AvgIpc) is 3.10. The molecule has 2 saturated heterocycles. The molecule has 1 spiro atoms. The van der Waals surface area contributed by atoms with Gasteiger partial charge in [-0.1, -0.05) is 0 Å². The molecule has 0 atom stereocenters. The lowest BCUT2D eigenvalue weighted by Gasteiger charge is -2.37. The first kappa shape index (κ1) is 14.0. The second kappa shape index (κ2) is 5.45. The zero-order valence-electron chi connectivity index (χ0n) is 11.5. The highest BCUT2D eigenvalue weighted by molar-refractivity contribution is 5.85. The van der Waals surface area contributed by atoms with Crippen molar-refractivity contribution in [3.8, 4) is 0 Å². The van der Waals surface area contributed by atoms with E-state index in [1.807, 2.05) is 0 Å². The van der Waals surface area contributed by atoms with Crippen molar-refractivity contribution >= 4 is 11.9 Å². The predicted octanol–water partition coefficient (Wildman–Crippen LogP) is -0.0532. The molecule has 1 aromatic heterocycles. The summed E-state index contributed by atoms with van der Waals surface area (Å²) in [6.07, 6.45) is 2.83. The maximum Gasteiger partial charge on any atom is 0.356 e. The number of rotatable bonds is 3. The van der Waals surface area contributed by atoms with Gasteiger partial charge in [-0.3, -0.25) is 9.48 Å². The number of ether oxygens (including phenoxy) is 2. The molecule has 1 amide bonds. The highest BCUT2D eigenvalue weighted by atomic mass is 16.7. The number of aromatic nitrogens is 2. The minimum atomic E-state index is -1.10. The third-order valence-corrected chi connectivity index (χ3v) is 3.85. The molecule has 0 bridgehead atoms. The number of carbonyl (C=O) groups is 2. The van der Waals surface area contributed by atoms with E-state index < -0.39 is 11.8 Å². The summed E-state index contributed by atoms with van der Waals surface area (Å²) in [5.74, 6) is -1.68. The molecule has 0 radical (unpaired) electrons. The normalized spacial score (nSPS) is 20.9. The molecule has 2 fully saturated rings. The maximum absolute atomic E-state index is 12.2. The summed E-state index contributed by atoms with van der Waals surface area (Å²) in [5.41, 5.74) is -0.0619. The monoisotopic (exact) mass is 295 g/mol. The Morgan fingerprint density at radius 3 is 2.52 bits per heavy atom. The molecule has 114 valence electrons. The number of nitrogens with zero attached hydrogens (tertiary/aromatic N) is 3. The molecule has 2 aliphatic rings. The van der Waals surface area contributed by atoms with Crippen molar-refractivity contribution in [2.45, 2.75) is 25.2 Å². The highest BCUT2D eigenvalue weighted by Gasteiger charge is 2.40. The van der Waals surface area contributed by atoms with Crippen molar-refractivity contribution in [2.24, 2.45) is 0 Å². The van der Waals surface area contributed by atoms with Crippen LogP contribution in [0, 0.1) is 0 Å². The van der Waals surface area contributed by atoms with E-state index in [9.17, 15) is 9.59 Å². The molecule has 8 nitrogen and oxygen atoms in total. The number of carbonyl (C=O) groups excluding carboxylic acids is 1. The van der Waals surface area contributed by atoms with Gasteiger partial charge in [0.05, 0.1) is 13.2 Å². The Morgan fingerprint density at radius 1 is 1.29 bits per heavy atom. The Bertz CT molecular complexity index is 540. The number of carboxylic acid groups (broad SMARTS) is 1. The lowest BCUT2D eigenvalue weighted by molar-refractivity contribution is -0.187. The van der Waals surface area contributed by atoms with Crippen molar-refractivity contribution in [1.82, 2.24) is 14.7 Å². The third-order valence-electron chi connectivity index (χ3n) is 3.85. The summed E-state index contributed by atoms with van der Waals surface area (Å²) in [4.78, 5) is 24.7. The van der Waals surface area contributed by atoms with Crippen LogP contribution in [-0.2, 0) is 20.8 Å². The first-order chi connectivity index (χ1) is 10.1. The van der Waals surface area contributed by atoms with E-state index in [1.54, 1.807) is 4.90 Å². The van der Waals surface area contributed by atoms with Gasteiger partial charge in [-0.25, -0.2) is 4.79 Å². The molecular weight excluding hydrogens is 278 g/mol. The number of hydrogen-bond acceptors (Lipinski definition) is 5. The Morgan fingerprint density at radius 2 is 1.95 bits per heavy atom. The van der Waals surface area contributed by atoms with Crippen molar-refractivity contribution in [2.75, 3.05) is 26.3 Å². The second-order valence-corrected chi connectivity index (χ2v) is 5.19. The van der Waals surface area contributed by atoms with Crippen LogP contribution >= 0.6 is 0 Å². The van der Waals surface area contributed by atoms with E-state index in [4.69, 9.17) is 14.6 Å². The van der Waals surface area contributed by atoms with Gasteiger partial charge in [0.25, 0.3) is 0 Å². The Kier molecular flexibility index (Phi) is 3.64. The zero-order valence-corrected chi connectivity index (χ0v) is 11.5. The Hall–Kier alpha value is -1.93. The molecule has 0 unspecified atom stereocenters. The first-order valence-corrected chi connectivity index (χ1v) is 6.90. The number of aromatic carboxylic acids is 1. The fourth-order valence-corrected chi connectivity index (χ4v) is 2.68. The SMILES string of the molecule is O=C(O)c1ccn(CC(=O)N2CCC3(CC2)OCCO3)n1. The van der Waals surface area contributed by atoms with E-state index in [0.717, 1.165) is 0 Å². The van der Waals surface area contributed by atoms with Crippen LogP contribution in [0.1, 0.15) is 23.3 Å². The van der Waals surface area contributed by atoms with Crippen molar-refractivity contribution in [1.29, 1.82) is 0 Å². The summed E-state index contributed by atoms with van der Waals surface area (Å²) < 4.78 is 12.6. The van der Waals surface area contributed by atoms with E-state index >= 15 is 0 Å². The number of likely N-dealkylation sites (tertiary alicyclic amines) is 1. The summed E-state index contributed by atoms with van der Waals surface area (Å²) in [5, 5.41) is 12.6. The van der Waals surface area contributed by atoms with Crippen LogP contribution in [0.25, 0.3) is 0 Å². The lowest BCUT2D eigenvalue weighted by atomic mass is 10.0. The van der Waals surface area contributed by atoms with Crippen LogP contribution in [0.5, 0.6) is 0 Å². The molecule has 0 aromatic carbocycles. The highest BCUT2D eigenvalue weighted by Crippen LogP contribution is 2.31. The largest absolute Gasteiger partial charge is 0.476 e. The second-order valence-electron chi connectivity index (χ2n) is 5.19. The molecule has 1 aromatic rings. The van der Waals surface area contributed by atoms with Crippen molar-refractivity contribution < 1.29 is 24.2 Å². The van der Waals surface area contributed by atoms with Crippen LogP contribution in [0.3, 0.4) is 0 Å². The standard InChI is InChI=1S/C13H17N3O5/c17-11(9-16-4-1-10(14-16)12(18)19)15-5-2-13(3-6-15)20-7-8-21-13/h1,4H,2-3,5-9H2,(H,18,19). The predicted molar refractivity (Wildman–Crippen MR) is 69.6 cm³/mol. The summed E-state index contributed by atoms with van der Waals surface area (Å²) in [7, 11) is 0. The van der Waals surface area contributed by atoms with Crippen LogP contribution in [0.2, 0.25) is 0 Å². The smallest absolute Gasteiger partial charge is 0.356 e. The number of hydrogen-bond donors (Lipinski definition) is 1. The van der Waals surface area contributed by atoms with Gasteiger partial charge >= 0.3 is 5.97 Å². The zero-order chi connectivity index (χ0) is 14.9. The molecule has 0 aliphatic carbocycles. The molecule has 21 heavy (non-hydrogen) atoms. The topological polar surface area (TPSA) is 93.9 Å². The Balaban J connectivity index is 1.55. The van der Waals surface area contributed by atoms with Gasteiger partial charge in [0.1, 0.15) is 6.54 Å². The fraction of sp³-hybridized carbons (Fsp3) is 0.615.